The average Bonchev–Trinajstić information content (AvgIpc) is 2.78. The summed E-state index contributed by atoms with van der Waals surface area (Å²) in [5.74, 6) is 0.187. The summed E-state index contributed by atoms with van der Waals surface area (Å²) in [6, 6.07) is 20.0. The summed E-state index contributed by atoms with van der Waals surface area (Å²) in [7, 11) is -4.07. The smallest absolute Gasteiger partial charge is 0.264 e. The minimum atomic E-state index is -4.07. The summed E-state index contributed by atoms with van der Waals surface area (Å²) in [4.78, 5) is 12.7. The highest BCUT2D eigenvalue weighted by molar-refractivity contribution is 7.92. The fourth-order valence-electron chi connectivity index (χ4n) is 2.96. The molecule has 0 aliphatic carbocycles. The quantitative estimate of drug-likeness (QED) is 0.439. The maximum atomic E-state index is 13.3. The van der Waals surface area contributed by atoms with Gasteiger partial charge >= 0.3 is 0 Å². The number of hydrogen-bond donors (Lipinski definition) is 1. The lowest BCUT2D eigenvalue weighted by Gasteiger charge is -2.25. The molecule has 168 valence electrons. The topological polar surface area (TPSA) is 75.7 Å². The lowest BCUT2D eigenvalue weighted by Crippen LogP contribution is -2.42. The van der Waals surface area contributed by atoms with Gasteiger partial charge in [0, 0.05) is 0 Å². The highest BCUT2D eigenvalue weighted by atomic mass is 35.5. The van der Waals surface area contributed by atoms with E-state index in [2.05, 4.69) is 5.32 Å². The van der Waals surface area contributed by atoms with Crippen LogP contribution in [0.4, 0.5) is 5.69 Å². The molecule has 1 amide bonds. The molecule has 0 heterocycles. The third-order valence-electron chi connectivity index (χ3n) is 4.50. The maximum Gasteiger partial charge on any atom is 0.264 e. The molecule has 0 saturated carbocycles. The van der Waals surface area contributed by atoms with Crippen molar-refractivity contribution in [3.8, 4) is 5.75 Å². The van der Waals surface area contributed by atoms with Gasteiger partial charge in [0.2, 0.25) is 5.91 Å². The molecule has 0 fully saturated rings. The molecule has 0 aliphatic rings. The molecule has 3 rings (SSSR count). The van der Waals surface area contributed by atoms with Crippen LogP contribution < -0.4 is 14.4 Å². The van der Waals surface area contributed by atoms with E-state index in [4.69, 9.17) is 27.9 Å². The maximum absolute atomic E-state index is 13.3. The van der Waals surface area contributed by atoms with Crippen LogP contribution in [-0.2, 0) is 14.8 Å². The lowest BCUT2D eigenvalue weighted by molar-refractivity contribution is -0.119. The molecular weight excluding hydrogens is 471 g/mol. The monoisotopic (exact) mass is 492 g/mol. The van der Waals surface area contributed by atoms with Gasteiger partial charge in [0.1, 0.15) is 18.9 Å². The second-order valence-corrected chi connectivity index (χ2v) is 9.56. The number of halogens is 2. The van der Waals surface area contributed by atoms with E-state index in [-0.39, 0.29) is 33.8 Å². The van der Waals surface area contributed by atoms with E-state index in [1.807, 2.05) is 31.2 Å². The van der Waals surface area contributed by atoms with Crippen molar-refractivity contribution in [3.05, 3.63) is 88.4 Å². The van der Waals surface area contributed by atoms with E-state index in [9.17, 15) is 13.2 Å². The Morgan fingerprint density at radius 3 is 2.44 bits per heavy atom. The van der Waals surface area contributed by atoms with Crippen LogP contribution >= 0.6 is 23.2 Å². The summed E-state index contributed by atoms with van der Waals surface area (Å²) in [6.07, 6.45) is 0. The number of aryl methyl sites for hydroxylation is 1. The number of anilines is 1. The van der Waals surface area contributed by atoms with E-state index < -0.39 is 22.5 Å². The number of nitrogens with zero attached hydrogens (tertiary/aromatic N) is 1. The van der Waals surface area contributed by atoms with Crippen molar-refractivity contribution in [1.29, 1.82) is 0 Å². The molecule has 1 N–H and O–H groups in total. The molecule has 0 unspecified atom stereocenters. The number of rotatable bonds is 9. The van der Waals surface area contributed by atoms with Crippen molar-refractivity contribution in [3.63, 3.8) is 0 Å². The molecule has 3 aromatic rings. The Labute approximate surface area is 197 Å². The van der Waals surface area contributed by atoms with Crippen LogP contribution in [0.15, 0.2) is 77.7 Å². The first-order chi connectivity index (χ1) is 15.3. The standard InChI is InChI=1S/C23H22Cl2N2O4S/c1-17-7-5-8-18(15-17)31-14-13-26-22(28)16-27(21-12-6-11-20(24)23(21)25)32(29,30)19-9-3-2-4-10-19/h2-12,15H,13-14,16H2,1H3,(H,26,28). The Hall–Kier alpha value is -2.74. The molecule has 0 spiro atoms. The minimum Gasteiger partial charge on any atom is -0.492 e. The van der Waals surface area contributed by atoms with Crippen LogP contribution in [0.2, 0.25) is 10.0 Å². The number of ether oxygens (including phenoxy) is 1. The van der Waals surface area contributed by atoms with Gasteiger partial charge in [0.25, 0.3) is 10.0 Å². The summed E-state index contributed by atoms with van der Waals surface area (Å²) >= 11 is 12.4. The van der Waals surface area contributed by atoms with E-state index in [1.54, 1.807) is 30.3 Å². The molecule has 6 nitrogen and oxygen atoms in total. The fraction of sp³-hybridized carbons (Fsp3) is 0.174. The van der Waals surface area contributed by atoms with Crippen molar-refractivity contribution in [1.82, 2.24) is 5.32 Å². The first kappa shape index (κ1) is 23.9. The van der Waals surface area contributed by atoms with Crippen LogP contribution in [0.1, 0.15) is 5.56 Å². The van der Waals surface area contributed by atoms with Crippen LogP contribution in [0.5, 0.6) is 5.75 Å². The SMILES string of the molecule is Cc1cccc(OCCNC(=O)CN(c2cccc(Cl)c2Cl)S(=O)(=O)c2ccccc2)c1. The van der Waals surface area contributed by atoms with E-state index in [0.29, 0.717) is 5.75 Å². The van der Waals surface area contributed by atoms with Crippen LogP contribution in [0, 0.1) is 6.92 Å². The van der Waals surface area contributed by atoms with Gasteiger partial charge in [-0.1, -0.05) is 59.6 Å². The Morgan fingerprint density at radius 1 is 1.00 bits per heavy atom. The predicted molar refractivity (Wildman–Crippen MR) is 127 cm³/mol. The average molecular weight is 493 g/mol. The number of nitrogens with one attached hydrogen (secondary N) is 1. The van der Waals surface area contributed by atoms with Crippen molar-refractivity contribution in [2.45, 2.75) is 11.8 Å². The summed E-state index contributed by atoms with van der Waals surface area (Å²) in [6.45, 7) is 1.92. The van der Waals surface area contributed by atoms with E-state index in [1.165, 1.54) is 18.2 Å². The van der Waals surface area contributed by atoms with Crippen LogP contribution in [-0.4, -0.2) is 34.0 Å². The van der Waals surface area contributed by atoms with E-state index >= 15 is 0 Å². The Bertz CT molecular complexity index is 1190. The summed E-state index contributed by atoms with van der Waals surface area (Å²) in [5, 5.41) is 2.91. The van der Waals surface area contributed by atoms with Crippen molar-refractivity contribution in [2.75, 3.05) is 24.0 Å². The largest absolute Gasteiger partial charge is 0.492 e. The Kier molecular flexibility index (Phi) is 8.01. The van der Waals surface area contributed by atoms with Crippen LogP contribution in [0.25, 0.3) is 0 Å². The normalized spacial score (nSPS) is 11.1. The van der Waals surface area contributed by atoms with Crippen molar-refractivity contribution < 1.29 is 17.9 Å². The molecule has 0 atom stereocenters. The molecule has 3 aromatic carbocycles. The minimum absolute atomic E-state index is 0.0339. The Balaban J connectivity index is 1.74. The summed E-state index contributed by atoms with van der Waals surface area (Å²) < 4.78 is 33.2. The highest BCUT2D eigenvalue weighted by Gasteiger charge is 2.29. The zero-order valence-electron chi connectivity index (χ0n) is 17.3. The first-order valence-corrected chi connectivity index (χ1v) is 12.0. The molecular formula is C23H22Cl2N2O4S. The summed E-state index contributed by atoms with van der Waals surface area (Å²) in [5.41, 5.74) is 1.18. The van der Waals surface area contributed by atoms with Gasteiger partial charge in [-0.3, -0.25) is 9.10 Å². The molecule has 0 bridgehead atoms. The van der Waals surface area contributed by atoms with Gasteiger partial charge in [0.15, 0.2) is 0 Å². The van der Waals surface area contributed by atoms with Gasteiger partial charge in [-0.25, -0.2) is 8.42 Å². The predicted octanol–water partition coefficient (Wildman–Crippen LogP) is 4.69. The third kappa shape index (κ3) is 5.94. The molecule has 9 heteroatoms. The number of hydrogen-bond acceptors (Lipinski definition) is 4. The lowest BCUT2D eigenvalue weighted by atomic mass is 10.2. The zero-order valence-corrected chi connectivity index (χ0v) is 19.6. The number of carbonyl (C=O) groups excluding carboxylic acids is 1. The number of amides is 1. The number of benzene rings is 3. The molecule has 32 heavy (non-hydrogen) atoms. The third-order valence-corrected chi connectivity index (χ3v) is 7.08. The van der Waals surface area contributed by atoms with Crippen molar-refractivity contribution >= 4 is 44.8 Å². The molecule has 0 radical (unpaired) electrons. The number of carbonyl (C=O) groups is 1. The van der Waals surface area contributed by atoms with Crippen LogP contribution in [0.3, 0.4) is 0 Å². The van der Waals surface area contributed by atoms with Crippen molar-refractivity contribution in [2.24, 2.45) is 0 Å². The zero-order chi connectivity index (χ0) is 23.1. The van der Waals surface area contributed by atoms with Gasteiger partial charge in [0.05, 0.1) is 27.2 Å². The fourth-order valence-corrected chi connectivity index (χ4v) is 4.86. The number of sulfonamides is 1. The van der Waals surface area contributed by atoms with Gasteiger partial charge < -0.3 is 10.1 Å². The second kappa shape index (κ2) is 10.7. The molecule has 0 saturated heterocycles. The van der Waals surface area contributed by atoms with Gasteiger partial charge in [-0.15, -0.1) is 0 Å². The molecule has 0 aromatic heterocycles. The van der Waals surface area contributed by atoms with E-state index in [0.717, 1.165) is 9.87 Å². The Morgan fingerprint density at radius 2 is 1.72 bits per heavy atom. The highest BCUT2D eigenvalue weighted by Crippen LogP contribution is 2.35. The van der Waals surface area contributed by atoms with Gasteiger partial charge in [-0.2, -0.15) is 0 Å². The first-order valence-electron chi connectivity index (χ1n) is 9.77. The van der Waals surface area contributed by atoms with Gasteiger partial charge in [-0.05, 0) is 48.9 Å². The molecule has 0 aliphatic heterocycles. The second-order valence-electron chi connectivity index (χ2n) is 6.91.